The summed E-state index contributed by atoms with van der Waals surface area (Å²) in [5.41, 5.74) is 1.54. The number of benzene rings is 1. The number of hydrogen-bond donors (Lipinski definition) is 0. The fraction of sp³-hybridized carbons (Fsp3) is 0.500. The Hall–Kier alpha value is -1.05. The average Bonchev–Trinajstić information content (AvgIpc) is 2.01. The van der Waals surface area contributed by atoms with Gasteiger partial charge in [0.1, 0.15) is 5.82 Å². The van der Waals surface area contributed by atoms with Crippen LogP contribution in [0.15, 0.2) is 18.2 Å². The molecule has 0 bridgehead atoms. The van der Waals surface area contributed by atoms with Crippen LogP contribution in [0.2, 0.25) is 0 Å². The Labute approximate surface area is 85.5 Å². The molecule has 0 aliphatic heterocycles. The molecule has 1 nitrogen and oxygen atoms in total. The first kappa shape index (κ1) is 11.0. The van der Waals surface area contributed by atoms with Crippen LogP contribution in [-0.2, 0) is 5.41 Å². The van der Waals surface area contributed by atoms with Crippen LogP contribution in [0.4, 0.5) is 10.1 Å². The summed E-state index contributed by atoms with van der Waals surface area (Å²) in [6.45, 7) is 6.04. The minimum atomic E-state index is -0.130. The number of anilines is 1. The number of halogens is 1. The van der Waals surface area contributed by atoms with Gasteiger partial charge in [-0.15, -0.1) is 0 Å². The molecule has 0 aliphatic rings. The fourth-order valence-electron chi connectivity index (χ4n) is 1.39. The van der Waals surface area contributed by atoms with Crippen LogP contribution in [0, 0.1) is 5.82 Å². The maximum atomic E-state index is 13.7. The second-order valence-corrected chi connectivity index (χ2v) is 4.81. The van der Waals surface area contributed by atoms with Crippen molar-refractivity contribution in [1.29, 1.82) is 0 Å². The lowest BCUT2D eigenvalue weighted by Crippen LogP contribution is -2.15. The molecule has 1 aromatic carbocycles. The van der Waals surface area contributed by atoms with E-state index in [4.69, 9.17) is 0 Å². The molecule has 0 spiro atoms. The zero-order chi connectivity index (χ0) is 10.9. The SMILES string of the molecule is CN(C)c1ccc(C(C)(C)C)c(F)c1. The molecule has 14 heavy (non-hydrogen) atoms. The molecule has 0 aromatic heterocycles. The van der Waals surface area contributed by atoms with Gasteiger partial charge in [0.15, 0.2) is 0 Å². The van der Waals surface area contributed by atoms with Crippen molar-refractivity contribution in [1.82, 2.24) is 0 Å². The lowest BCUT2D eigenvalue weighted by atomic mass is 9.86. The highest BCUT2D eigenvalue weighted by atomic mass is 19.1. The van der Waals surface area contributed by atoms with Gasteiger partial charge in [0.05, 0.1) is 0 Å². The van der Waals surface area contributed by atoms with Crippen LogP contribution in [0.5, 0.6) is 0 Å². The molecular formula is C12H18FN. The van der Waals surface area contributed by atoms with Crippen LogP contribution in [0.25, 0.3) is 0 Å². The Bertz CT molecular complexity index is 324. The molecule has 0 unspecified atom stereocenters. The van der Waals surface area contributed by atoms with Crippen LogP contribution in [-0.4, -0.2) is 14.1 Å². The van der Waals surface area contributed by atoms with Crippen molar-refractivity contribution in [3.05, 3.63) is 29.6 Å². The van der Waals surface area contributed by atoms with Crippen molar-refractivity contribution < 1.29 is 4.39 Å². The summed E-state index contributed by atoms with van der Waals surface area (Å²) < 4.78 is 13.7. The normalized spacial score (nSPS) is 11.6. The molecule has 0 N–H and O–H groups in total. The Morgan fingerprint density at radius 3 is 2.07 bits per heavy atom. The van der Waals surface area contributed by atoms with Gasteiger partial charge in [-0.05, 0) is 23.1 Å². The molecule has 78 valence electrons. The second-order valence-electron chi connectivity index (χ2n) is 4.81. The highest BCUT2D eigenvalue weighted by Gasteiger charge is 2.18. The third-order valence-corrected chi connectivity index (χ3v) is 2.28. The van der Waals surface area contributed by atoms with Crippen molar-refractivity contribution in [3.63, 3.8) is 0 Å². The van der Waals surface area contributed by atoms with E-state index in [9.17, 15) is 4.39 Å². The third-order valence-electron chi connectivity index (χ3n) is 2.28. The summed E-state index contributed by atoms with van der Waals surface area (Å²) in [5.74, 6) is -0.122. The van der Waals surface area contributed by atoms with Gasteiger partial charge in [-0.1, -0.05) is 26.8 Å². The number of rotatable bonds is 1. The van der Waals surface area contributed by atoms with Crippen LogP contribution in [0.1, 0.15) is 26.3 Å². The molecular weight excluding hydrogens is 177 g/mol. The lowest BCUT2D eigenvalue weighted by molar-refractivity contribution is 0.523. The molecule has 0 amide bonds. The van der Waals surface area contributed by atoms with Crippen molar-refractivity contribution in [2.24, 2.45) is 0 Å². The minimum Gasteiger partial charge on any atom is -0.378 e. The average molecular weight is 195 g/mol. The zero-order valence-electron chi connectivity index (χ0n) is 9.56. The topological polar surface area (TPSA) is 3.24 Å². The fourth-order valence-corrected chi connectivity index (χ4v) is 1.39. The first-order chi connectivity index (χ1) is 6.32. The van der Waals surface area contributed by atoms with E-state index in [0.29, 0.717) is 0 Å². The van der Waals surface area contributed by atoms with Crippen molar-refractivity contribution >= 4 is 5.69 Å². The molecule has 1 rings (SSSR count). The van der Waals surface area contributed by atoms with Gasteiger partial charge < -0.3 is 4.90 Å². The van der Waals surface area contributed by atoms with E-state index in [1.54, 1.807) is 6.07 Å². The van der Waals surface area contributed by atoms with Gasteiger partial charge in [0, 0.05) is 19.8 Å². The van der Waals surface area contributed by atoms with E-state index in [2.05, 4.69) is 0 Å². The van der Waals surface area contributed by atoms with Gasteiger partial charge in [-0.3, -0.25) is 0 Å². The molecule has 0 radical (unpaired) electrons. The quantitative estimate of drug-likeness (QED) is 0.665. The smallest absolute Gasteiger partial charge is 0.128 e. The summed E-state index contributed by atoms with van der Waals surface area (Å²) in [5, 5.41) is 0. The van der Waals surface area contributed by atoms with Crippen LogP contribution < -0.4 is 4.90 Å². The predicted octanol–water partition coefficient (Wildman–Crippen LogP) is 3.19. The minimum absolute atomic E-state index is 0.122. The zero-order valence-corrected chi connectivity index (χ0v) is 9.56. The molecule has 1 aromatic rings. The van der Waals surface area contributed by atoms with Gasteiger partial charge in [-0.2, -0.15) is 0 Å². The van der Waals surface area contributed by atoms with Gasteiger partial charge in [0.2, 0.25) is 0 Å². The number of hydrogen-bond acceptors (Lipinski definition) is 1. The van der Waals surface area contributed by atoms with Crippen LogP contribution in [0.3, 0.4) is 0 Å². The van der Waals surface area contributed by atoms with E-state index < -0.39 is 0 Å². The highest BCUT2D eigenvalue weighted by Crippen LogP contribution is 2.27. The predicted molar refractivity (Wildman–Crippen MR) is 59.4 cm³/mol. The molecule has 0 saturated heterocycles. The van der Waals surface area contributed by atoms with E-state index in [0.717, 1.165) is 11.3 Å². The Balaban J connectivity index is 3.15. The van der Waals surface area contributed by atoms with Crippen LogP contribution >= 0.6 is 0 Å². The van der Waals surface area contributed by atoms with Gasteiger partial charge in [-0.25, -0.2) is 4.39 Å². The first-order valence-corrected chi connectivity index (χ1v) is 4.80. The summed E-state index contributed by atoms with van der Waals surface area (Å²) in [4.78, 5) is 1.90. The van der Waals surface area contributed by atoms with Gasteiger partial charge in [0.25, 0.3) is 0 Å². The second kappa shape index (κ2) is 3.60. The molecule has 0 saturated carbocycles. The van der Waals surface area contributed by atoms with E-state index >= 15 is 0 Å². The Morgan fingerprint density at radius 2 is 1.71 bits per heavy atom. The largest absolute Gasteiger partial charge is 0.378 e. The summed E-state index contributed by atoms with van der Waals surface area (Å²) in [6.07, 6.45) is 0. The Morgan fingerprint density at radius 1 is 1.14 bits per heavy atom. The van der Waals surface area contributed by atoms with Crippen molar-refractivity contribution in [2.45, 2.75) is 26.2 Å². The van der Waals surface area contributed by atoms with Gasteiger partial charge >= 0.3 is 0 Å². The van der Waals surface area contributed by atoms with E-state index in [-0.39, 0.29) is 11.2 Å². The molecule has 0 atom stereocenters. The lowest BCUT2D eigenvalue weighted by Gasteiger charge is -2.21. The molecule has 0 heterocycles. The van der Waals surface area contributed by atoms with Crippen molar-refractivity contribution in [3.8, 4) is 0 Å². The summed E-state index contributed by atoms with van der Waals surface area (Å²) in [6, 6.07) is 5.40. The summed E-state index contributed by atoms with van der Waals surface area (Å²) >= 11 is 0. The third kappa shape index (κ3) is 2.25. The standard InChI is InChI=1S/C12H18FN/c1-12(2,3)10-7-6-9(14(4)5)8-11(10)13/h6-8H,1-5H3. The van der Waals surface area contributed by atoms with Crippen molar-refractivity contribution in [2.75, 3.05) is 19.0 Å². The molecule has 2 heteroatoms. The number of nitrogens with zero attached hydrogens (tertiary/aromatic N) is 1. The molecule has 0 aliphatic carbocycles. The maximum absolute atomic E-state index is 13.7. The molecule has 0 fully saturated rings. The Kier molecular flexibility index (Phi) is 2.84. The maximum Gasteiger partial charge on any atom is 0.128 e. The van der Waals surface area contributed by atoms with E-state index in [1.165, 1.54) is 0 Å². The van der Waals surface area contributed by atoms with E-state index in [1.807, 2.05) is 51.9 Å². The summed E-state index contributed by atoms with van der Waals surface area (Å²) in [7, 11) is 3.82. The highest BCUT2D eigenvalue weighted by molar-refractivity contribution is 5.47. The first-order valence-electron chi connectivity index (χ1n) is 4.80. The monoisotopic (exact) mass is 195 g/mol.